The van der Waals surface area contributed by atoms with Crippen LogP contribution in [0.5, 0.6) is 0 Å². The summed E-state index contributed by atoms with van der Waals surface area (Å²) in [6.45, 7) is 1.15. The van der Waals surface area contributed by atoms with Gasteiger partial charge in [0.05, 0.1) is 0 Å². The summed E-state index contributed by atoms with van der Waals surface area (Å²) in [4.78, 5) is 12.3. The molecule has 25 heavy (non-hydrogen) atoms. The van der Waals surface area contributed by atoms with Crippen LogP contribution in [0.4, 0.5) is 5.69 Å². The number of carbonyl (C=O) groups is 1. The van der Waals surface area contributed by atoms with E-state index in [0.717, 1.165) is 24.2 Å². The average Bonchev–Trinajstić information content (AvgIpc) is 2.68. The van der Waals surface area contributed by atoms with Crippen LogP contribution in [0, 0.1) is 12.3 Å². The first-order chi connectivity index (χ1) is 12.2. The lowest BCUT2D eigenvalue weighted by Gasteiger charge is -2.23. The number of benzene rings is 2. The van der Waals surface area contributed by atoms with E-state index >= 15 is 0 Å². The molecular formula is C22H24N2O. The fourth-order valence-electron chi connectivity index (χ4n) is 3.19. The second-order valence-corrected chi connectivity index (χ2v) is 6.56. The molecule has 0 aromatic heterocycles. The van der Waals surface area contributed by atoms with E-state index in [2.05, 4.69) is 28.7 Å². The molecule has 3 rings (SSSR count). The fraction of sp³-hybridized carbons (Fsp3) is 0.318. The lowest BCUT2D eigenvalue weighted by molar-refractivity contribution is 0.102. The van der Waals surface area contributed by atoms with Gasteiger partial charge in [-0.05, 0) is 74.2 Å². The van der Waals surface area contributed by atoms with Gasteiger partial charge in [0, 0.05) is 22.9 Å². The van der Waals surface area contributed by atoms with Gasteiger partial charge in [-0.3, -0.25) is 4.79 Å². The molecule has 1 atom stereocenters. The van der Waals surface area contributed by atoms with Gasteiger partial charge in [0.2, 0.25) is 0 Å². The Hall–Kier alpha value is -2.57. The first-order valence-electron chi connectivity index (χ1n) is 8.95. The number of anilines is 1. The van der Waals surface area contributed by atoms with Crippen LogP contribution in [0.1, 0.15) is 47.2 Å². The Labute approximate surface area is 149 Å². The van der Waals surface area contributed by atoms with Gasteiger partial charge in [0.25, 0.3) is 5.91 Å². The quantitative estimate of drug-likeness (QED) is 0.813. The Morgan fingerprint density at radius 1 is 1.12 bits per heavy atom. The van der Waals surface area contributed by atoms with E-state index < -0.39 is 0 Å². The van der Waals surface area contributed by atoms with E-state index in [4.69, 9.17) is 6.42 Å². The topological polar surface area (TPSA) is 41.1 Å². The van der Waals surface area contributed by atoms with Crippen molar-refractivity contribution in [1.29, 1.82) is 0 Å². The Morgan fingerprint density at radius 3 is 2.52 bits per heavy atom. The molecule has 2 aromatic carbocycles. The van der Waals surface area contributed by atoms with Gasteiger partial charge < -0.3 is 10.6 Å². The van der Waals surface area contributed by atoms with Crippen molar-refractivity contribution in [3.63, 3.8) is 0 Å². The smallest absolute Gasteiger partial charge is 0.255 e. The Morgan fingerprint density at radius 2 is 1.88 bits per heavy atom. The van der Waals surface area contributed by atoms with Crippen LogP contribution in [0.15, 0.2) is 48.5 Å². The second kappa shape index (κ2) is 8.50. The highest BCUT2D eigenvalue weighted by molar-refractivity contribution is 6.04. The lowest BCUT2D eigenvalue weighted by Crippen LogP contribution is -2.34. The van der Waals surface area contributed by atoms with Crippen LogP contribution in [0.2, 0.25) is 0 Å². The zero-order chi connectivity index (χ0) is 17.5. The van der Waals surface area contributed by atoms with Crippen LogP contribution < -0.4 is 10.6 Å². The number of terminal acetylenes is 1. The van der Waals surface area contributed by atoms with Gasteiger partial charge in [0.1, 0.15) is 0 Å². The standard InChI is InChI=1S/C22H24N2O/c1-2-17-6-11-19(12-7-17)22(25)24-21-14-9-18(10-15-21)8-13-20-5-3-4-16-23-20/h1,6-7,9-12,14-15,20,23H,3-5,8,13,16H2,(H,24,25). The number of piperidine rings is 1. The van der Waals surface area contributed by atoms with E-state index in [0.29, 0.717) is 11.6 Å². The summed E-state index contributed by atoms with van der Waals surface area (Å²) in [7, 11) is 0. The average molecular weight is 332 g/mol. The Kier molecular flexibility index (Phi) is 5.87. The maximum absolute atomic E-state index is 12.3. The van der Waals surface area contributed by atoms with Crippen molar-refractivity contribution < 1.29 is 4.79 Å². The minimum atomic E-state index is -0.122. The van der Waals surface area contributed by atoms with Gasteiger partial charge in [-0.2, -0.15) is 0 Å². The van der Waals surface area contributed by atoms with Gasteiger partial charge in [-0.25, -0.2) is 0 Å². The lowest BCUT2D eigenvalue weighted by atomic mass is 9.98. The summed E-state index contributed by atoms with van der Waals surface area (Å²) in [6, 6.07) is 15.8. The van der Waals surface area contributed by atoms with E-state index in [1.54, 1.807) is 24.3 Å². The summed E-state index contributed by atoms with van der Waals surface area (Å²) in [5, 5.41) is 6.51. The van der Waals surface area contributed by atoms with Crippen LogP contribution in [0.3, 0.4) is 0 Å². The fourth-order valence-corrected chi connectivity index (χ4v) is 3.19. The number of rotatable bonds is 5. The summed E-state index contributed by atoms with van der Waals surface area (Å²) >= 11 is 0. The van der Waals surface area contributed by atoms with Crippen molar-refractivity contribution in [2.45, 2.75) is 38.1 Å². The molecular weight excluding hydrogens is 308 g/mol. The van der Waals surface area contributed by atoms with Gasteiger partial charge >= 0.3 is 0 Å². The molecule has 1 aliphatic rings. The second-order valence-electron chi connectivity index (χ2n) is 6.56. The predicted molar refractivity (Wildman–Crippen MR) is 103 cm³/mol. The van der Waals surface area contributed by atoms with Crippen LogP contribution >= 0.6 is 0 Å². The third-order valence-electron chi connectivity index (χ3n) is 4.72. The molecule has 3 nitrogen and oxygen atoms in total. The minimum absolute atomic E-state index is 0.122. The zero-order valence-electron chi connectivity index (χ0n) is 14.4. The Balaban J connectivity index is 1.52. The van der Waals surface area contributed by atoms with Crippen LogP contribution in [-0.4, -0.2) is 18.5 Å². The third kappa shape index (κ3) is 4.95. The summed E-state index contributed by atoms with van der Waals surface area (Å²) in [5.41, 5.74) is 3.49. The molecule has 3 heteroatoms. The summed E-state index contributed by atoms with van der Waals surface area (Å²) in [6.07, 6.45) is 11.5. The number of nitrogens with one attached hydrogen (secondary N) is 2. The molecule has 1 heterocycles. The minimum Gasteiger partial charge on any atom is -0.322 e. The first-order valence-corrected chi connectivity index (χ1v) is 8.95. The molecule has 1 unspecified atom stereocenters. The zero-order valence-corrected chi connectivity index (χ0v) is 14.4. The number of carbonyl (C=O) groups excluding carboxylic acids is 1. The number of aryl methyl sites for hydroxylation is 1. The van der Waals surface area contributed by atoms with Crippen molar-refractivity contribution in [3.05, 3.63) is 65.2 Å². The molecule has 0 aliphatic carbocycles. The number of hydrogen-bond donors (Lipinski definition) is 2. The van der Waals surface area contributed by atoms with Crippen molar-refractivity contribution in [1.82, 2.24) is 5.32 Å². The highest BCUT2D eigenvalue weighted by atomic mass is 16.1. The maximum atomic E-state index is 12.3. The van der Waals surface area contributed by atoms with E-state index in [1.807, 2.05) is 12.1 Å². The molecule has 2 aromatic rings. The van der Waals surface area contributed by atoms with Gasteiger partial charge in [-0.1, -0.05) is 24.5 Å². The molecule has 0 spiro atoms. The molecule has 128 valence electrons. The largest absolute Gasteiger partial charge is 0.322 e. The summed E-state index contributed by atoms with van der Waals surface area (Å²) in [5.74, 6) is 2.43. The predicted octanol–water partition coefficient (Wildman–Crippen LogP) is 3.99. The van der Waals surface area contributed by atoms with Crippen molar-refractivity contribution in [2.75, 3.05) is 11.9 Å². The highest BCUT2D eigenvalue weighted by Crippen LogP contribution is 2.16. The molecule has 1 saturated heterocycles. The van der Waals surface area contributed by atoms with Crippen molar-refractivity contribution >= 4 is 11.6 Å². The highest BCUT2D eigenvalue weighted by Gasteiger charge is 2.12. The van der Waals surface area contributed by atoms with E-state index in [9.17, 15) is 4.79 Å². The van der Waals surface area contributed by atoms with Crippen molar-refractivity contribution in [3.8, 4) is 12.3 Å². The SMILES string of the molecule is C#Cc1ccc(C(=O)Nc2ccc(CCC3CCCCN3)cc2)cc1. The molecule has 1 fully saturated rings. The van der Waals surface area contributed by atoms with Gasteiger partial charge in [0.15, 0.2) is 0 Å². The molecule has 1 amide bonds. The third-order valence-corrected chi connectivity index (χ3v) is 4.72. The normalized spacial score (nSPS) is 16.8. The van der Waals surface area contributed by atoms with Crippen molar-refractivity contribution in [2.24, 2.45) is 0 Å². The van der Waals surface area contributed by atoms with E-state index in [1.165, 1.54) is 31.2 Å². The molecule has 2 N–H and O–H groups in total. The number of hydrogen-bond acceptors (Lipinski definition) is 2. The number of amides is 1. The van der Waals surface area contributed by atoms with Crippen LogP contribution in [-0.2, 0) is 6.42 Å². The summed E-state index contributed by atoms with van der Waals surface area (Å²) < 4.78 is 0. The Bertz CT molecular complexity index is 735. The van der Waals surface area contributed by atoms with Crippen LogP contribution in [0.25, 0.3) is 0 Å². The molecule has 0 bridgehead atoms. The molecule has 0 radical (unpaired) electrons. The first kappa shape index (κ1) is 17.3. The maximum Gasteiger partial charge on any atom is 0.255 e. The molecule has 1 aliphatic heterocycles. The molecule has 0 saturated carbocycles. The van der Waals surface area contributed by atoms with Gasteiger partial charge in [-0.15, -0.1) is 6.42 Å². The van der Waals surface area contributed by atoms with E-state index in [-0.39, 0.29) is 5.91 Å². The monoisotopic (exact) mass is 332 g/mol.